The molecule has 0 aromatic carbocycles. The van der Waals surface area contributed by atoms with Gasteiger partial charge in [0.15, 0.2) is 5.13 Å². The first-order chi connectivity index (χ1) is 12.8. The highest BCUT2D eigenvalue weighted by atomic mass is 32.2. The predicted octanol–water partition coefficient (Wildman–Crippen LogP) is -0.873. The van der Waals surface area contributed by atoms with E-state index in [0.717, 1.165) is 16.2 Å². The van der Waals surface area contributed by atoms with Gasteiger partial charge in [-0.25, -0.2) is 9.78 Å². The summed E-state index contributed by atoms with van der Waals surface area (Å²) in [7, 11) is 0. The van der Waals surface area contributed by atoms with Crippen molar-refractivity contribution in [2.24, 2.45) is 0 Å². The van der Waals surface area contributed by atoms with Gasteiger partial charge in [0.25, 0.3) is 11.8 Å². The van der Waals surface area contributed by atoms with Crippen molar-refractivity contribution >= 4 is 57.6 Å². The van der Waals surface area contributed by atoms with Crippen LogP contribution in [0.15, 0.2) is 23.2 Å². The first-order valence-electron chi connectivity index (χ1n) is 7.62. The number of carboxylic acids is 2. The number of carbonyl (C=O) groups excluding carboxylic acids is 2. The maximum atomic E-state index is 12.6. The number of thiazole rings is 1. The second-order valence-electron chi connectivity index (χ2n) is 5.56. The third kappa shape index (κ3) is 4.00. The molecule has 3 heterocycles. The van der Waals surface area contributed by atoms with Crippen molar-refractivity contribution in [3.8, 4) is 0 Å². The molecule has 13 heteroatoms. The van der Waals surface area contributed by atoms with Crippen molar-refractivity contribution in [3.63, 3.8) is 0 Å². The second kappa shape index (κ2) is 8.41. The largest absolute Gasteiger partial charge is 0.481 e. The molecule has 2 atom stereocenters. The summed E-state index contributed by atoms with van der Waals surface area (Å²) in [6.45, 7) is 0. The number of hydrogen-bond donors (Lipinski definition) is 4. The van der Waals surface area contributed by atoms with E-state index in [0.29, 0.717) is 5.75 Å². The van der Waals surface area contributed by atoms with Crippen molar-refractivity contribution in [3.05, 3.63) is 28.9 Å². The molecule has 0 saturated carbocycles. The molecule has 1 fully saturated rings. The van der Waals surface area contributed by atoms with Gasteiger partial charge < -0.3 is 26.7 Å². The lowest BCUT2D eigenvalue weighted by atomic mass is 10.0. The number of aromatic nitrogens is 1. The van der Waals surface area contributed by atoms with Crippen LogP contribution in [0.25, 0.3) is 5.57 Å². The number of carbonyl (C=O) groups is 4. The topological polar surface area (TPSA) is 194 Å². The number of nitrogens with two attached hydrogens (primary N) is 1. The quantitative estimate of drug-likeness (QED) is 0.329. The molecule has 7 N–H and O–H groups in total. The zero-order valence-corrected chi connectivity index (χ0v) is 15.7. The average molecular weight is 428 g/mol. The first kappa shape index (κ1) is 21.4. The van der Waals surface area contributed by atoms with Crippen molar-refractivity contribution in [2.45, 2.75) is 17.8 Å². The normalized spacial score (nSPS) is 21.0. The molecule has 1 aromatic heterocycles. The number of nitrogen functional groups attached to an aromatic ring is 1. The van der Waals surface area contributed by atoms with Crippen LogP contribution >= 0.6 is 23.1 Å². The molecule has 0 bridgehead atoms. The Morgan fingerprint density at radius 1 is 1.39 bits per heavy atom. The lowest BCUT2D eigenvalue weighted by Crippen LogP contribution is -2.70. The molecule has 0 radical (unpaired) electrons. The zero-order chi connectivity index (χ0) is 19.7. The molecular formula is C15H16N4O7S2. The molecular weight excluding hydrogens is 412 g/mol. The van der Waals surface area contributed by atoms with E-state index in [4.69, 9.17) is 15.9 Å². The Labute approximate surface area is 166 Å². The fraction of sp³-hybridized carbons (Fsp3) is 0.267. The van der Waals surface area contributed by atoms with E-state index in [1.807, 2.05) is 0 Å². The SMILES string of the molecule is Nc1nc(/C(=C/CC(=O)O)C(=O)N[C@@H]2C(=O)N3C(C(=O)O)=CCS[C@H]23)cs1.O. The Morgan fingerprint density at radius 2 is 2.11 bits per heavy atom. The summed E-state index contributed by atoms with van der Waals surface area (Å²) >= 11 is 2.41. The molecule has 2 amide bonds. The van der Waals surface area contributed by atoms with Crippen LogP contribution in [-0.4, -0.2) is 66.5 Å². The van der Waals surface area contributed by atoms with E-state index in [-0.39, 0.29) is 27.6 Å². The van der Waals surface area contributed by atoms with E-state index >= 15 is 0 Å². The highest BCUT2D eigenvalue weighted by molar-refractivity contribution is 8.00. The molecule has 0 spiro atoms. The third-order valence-corrected chi connectivity index (χ3v) is 5.73. The van der Waals surface area contributed by atoms with Gasteiger partial charge in [0, 0.05) is 11.1 Å². The Kier molecular flexibility index (Phi) is 6.43. The van der Waals surface area contributed by atoms with Crippen molar-refractivity contribution < 1.29 is 34.9 Å². The number of fused-ring (bicyclic) bond motifs is 1. The van der Waals surface area contributed by atoms with Crippen molar-refractivity contribution in [1.82, 2.24) is 15.2 Å². The van der Waals surface area contributed by atoms with E-state index < -0.39 is 41.6 Å². The van der Waals surface area contributed by atoms with Gasteiger partial charge in [-0.3, -0.25) is 19.3 Å². The Balaban J connectivity index is 0.00000280. The number of anilines is 1. The minimum atomic E-state index is -1.21. The molecule has 0 unspecified atom stereocenters. The molecule has 1 saturated heterocycles. The summed E-state index contributed by atoms with van der Waals surface area (Å²) in [6.07, 6.45) is 2.23. The Morgan fingerprint density at radius 3 is 2.68 bits per heavy atom. The minimum Gasteiger partial charge on any atom is -0.481 e. The maximum absolute atomic E-state index is 12.6. The standard InChI is InChI=1S/C15H14N4O6S2.H2O/c16-15-17-7(5-27-15)6(1-2-9(20)21)11(22)18-10-12(23)19-8(14(24)25)3-4-26-13(10)19;/h1,3,5,10,13H,2,4H2,(H2,16,17)(H,18,22)(H,20,21)(H,24,25);1H2/b6-1-;/t10-,13-;/m1./s1. The van der Waals surface area contributed by atoms with Gasteiger partial charge in [-0.15, -0.1) is 23.1 Å². The minimum absolute atomic E-state index is 0. The summed E-state index contributed by atoms with van der Waals surface area (Å²) < 4.78 is 0. The second-order valence-corrected chi connectivity index (χ2v) is 7.60. The molecule has 28 heavy (non-hydrogen) atoms. The fourth-order valence-electron chi connectivity index (χ4n) is 2.67. The van der Waals surface area contributed by atoms with Crippen LogP contribution < -0.4 is 11.1 Å². The highest BCUT2D eigenvalue weighted by Crippen LogP contribution is 2.37. The van der Waals surface area contributed by atoms with Crippen LogP contribution in [0.4, 0.5) is 5.13 Å². The molecule has 1 aromatic rings. The van der Waals surface area contributed by atoms with Crippen molar-refractivity contribution in [2.75, 3.05) is 11.5 Å². The monoisotopic (exact) mass is 428 g/mol. The Hall–Kier alpha value is -2.90. The van der Waals surface area contributed by atoms with Gasteiger partial charge >= 0.3 is 11.9 Å². The fourth-order valence-corrected chi connectivity index (χ4v) is 4.43. The number of amides is 2. The van der Waals surface area contributed by atoms with Crippen LogP contribution in [0.3, 0.4) is 0 Å². The molecule has 150 valence electrons. The van der Waals surface area contributed by atoms with E-state index in [9.17, 15) is 19.2 Å². The maximum Gasteiger partial charge on any atom is 0.352 e. The number of hydrogen-bond acceptors (Lipinski definition) is 8. The number of nitrogens with zero attached hydrogens (tertiary/aromatic N) is 2. The van der Waals surface area contributed by atoms with Gasteiger partial charge in [-0.2, -0.15) is 0 Å². The van der Waals surface area contributed by atoms with Crippen LogP contribution in [0.1, 0.15) is 12.1 Å². The van der Waals surface area contributed by atoms with E-state index in [2.05, 4.69) is 10.3 Å². The molecule has 0 aliphatic carbocycles. The van der Waals surface area contributed by atoms with Crippen LogP contribution in [0.2, 0.25) is 0 Å². The van der Waals surface area contributed by atoms with Crippen LogP contribution in [-0.2, 0) is 19.2 Å². The van der Waals surface area contributed by atoms with Crippen molar-refractivity contribution in [1.29, 1.82) is 0 Å². The van der Waals surface area contributed by atoms with Gasteiger partial charge in [-0.05, 0) is 6.08 Å². The summed E-state index contributed by atoms with van der Waals surface area (Å²) in [5.41, 5.74) is 5.66. The van der Waals surface area contributed by atoms with Gasteiger partial charge in [0.2, 0.25) is 0 Å². The smallest absolute Gasteiger partial charge is 0.352 e. The molecule has 2 aliphatic rings. The lowest BCUT2D eigenvalue weighted by Gasteiger charge is -2.48. The molecule has 3 rings (SSSR count). The molecule has 2 aliphatic heterocycles. The van der Waals surface area contributed by atoms with Crippen LogP contribution in [0, 0.1) is 0 Å². The highest BCUT2D eigenvalue weighted by Gasteiger charge is 2.52. The average Bonchev–Trinajstić information content (AvgIpc) is 3.04. The van der Waals surface area contributed by atoms with Gasteiger partial charge in [0.1, 0.15) is 17.1 Å². The zero-order valence-electron chi connectivity index (χ0n) is 14.1. The number of thioether (sulfide) groups is 1. The lowest BCUT2D eigenvalue weighted by molar-refractivity contribution is -0.150. The van der Waals surface area contributed by atoms with E-state index in [1.165, 1.54) is 29.3 Å². The number of β-lactam (4-membered cyclic amide) rings is 1. The van der Waals surface area contributed by atoms with E-state index in [1.54, 1.807) is 0 Å². The van der Waals surface area contributed by atoms with Crippen LogP contribution in [0.5, 0.6) is 0 Å². The first-order valence-corrected chi connectivity index (χ1v) is 9.54. The van der Waals surface area contributed by atoms with Gasteiger partial charge in [0.05, 0.1) is 17.7 Å². The summed E-state index contributed by atoms with van der Waals surface area (Å²) in [4.78, 5) is 52.1. The number of aliphatic carboxylic acids is 2. The third-order valence-electron chi connectivity index (χ3n) is 3.88. The molecule has 11 nitrogen and oxygen atoms in total. The summed E-state index contributed by atoms with van der Waals surface area (Å²) in [5.74, 6) is -3.16. The number of nitrogens with one attached hydrogen (secondary N) is 1. The Bertz CT molecular complexity index is 895. The number of rotatable bonds is 6. The summed E-state index contributed by atoms with van der Waals surface area (Å²) in [5, 5.41) is 21.8. The summed E-state index contributed by atoms with van der Waals surface area (Å²) in [6, 6.07) is -0.908. The van der Waals surface area contributed by atoms with Gasteiger partial charge in [-0.1, -0.05) is 6.08 Å². The predicted molar refractivity (Wildman–Crippen MR) is 101 cm³/mol. The number of carboxylic acid groups (broad SMARTS) is 2.